The first-order valence-electron chi connectivity index (χ1n) is 7.90. The fraction of sp³-hybridized carbons (Fsp3) is 0.294. The fourth-order valence-electron chi connectivity index (χ4n) is 2.93. The molecule has 0 aliphatic carbocycles. The highest BCUT2D eigenvalue weighted by molar-refractivity contribution is 5.52. The summed E-state index contributed by atoms with van der Waals surface area (Å²) in [6, 6.07) is 7.98. The van der Waals surface area contributed by atoms with Crippen LogP contribution in [0.15, 0.2) is 47.3 Å². The zero-order valence-electron chi connectivity index (χ0n) is 13.0. The average Bonchev–Trinajstić information content (AvgIpc) is 3.13. The number of halogens is 1. The van der Waals surface area contributed by atoms with E-state index >= 15 is 0 Å². The van der Waals surface area contributed by atoms with Crippen molar-refractivity contribution >= 4 is 5.82 Å². The summed E-state index contributed by atoms with van der Waals surface area (Å²) < 4.78 is 18.8. The molecule has 0 unspecified atom stereocenters. The predicted octanol–water partition coefficient (Wildman–Crippen LogP) is 3.05. The molecule has 6 nitrogen and oxygen atoms in total. The molecule has 2 aromatic heterocycles. The number of hydrogen-bond donors (Lipinski definition) is 0. The van der Waals surface area contributed by atoms with Crippen LogP contribution in [0.2, 0.25) is 0 Å². The van der Waals surface area contributed by atoms with Crippen molar-refractivity contribution in [1.29, 1.82) is 0 Å². The largest absolute Gasteiger partial charge is 0.420 e. The molecule has 0 radical (unpaired) electrons. The van der Waals surface area contributed by atoms with E-state index in [9.17, 15) is 4.39 Å². The van der Waals surface area contributed by atoms with Gasteiger partial charge in [0, 0.05) is 30.8 Å². The van der Waals surface area contributed by atoms with Crippen LogP contribution in [0.4, 0.5) is 10.2 Å². The number of benzene rings is 1. The summed E-state index contributed by atoms with van der Waals surface area (Å²) in [5, 5.41) is 8.28. The van der Waals surface area contributed by atoms with Crippen LogP contribution < -0.4 is 4.90 Å². The minimum atomic E-state index is -0.282. The highest BCUT2D eigenvalue weighted by Gasteiger charge is 2.25. The van der Waals surface area contributed by atoms with Crippen LogP contribution in [0.5, 0.6) is 0 Å². The van der Waals surface area contributed by atoms with Gasteiger partial charge in [-0.2, -0.15) is 0 Å². The molecule has 0 saturated carbocycles. The van der Waals surface area contributed by atoms with Crippen LogP contribution in [-0.2, 0) is 0 Å². The van der Waals surface area contributed by atoms with E-state index in [1.165, 1.54) is 12.1 Å². The Morgan fingerprint density at radius 3 is 2.54 bits per heavy atom. The zero-order chi connectivity index (χ0) is 16.4. The highest BCUT2D eigenvalue weighted by atomic mass is 19.1. The third-order valence-electron chi connectivity index (χ3n) is 4.27. The Balaban J connectivity index is 1.44. The molecule has 1 aliphatic rings. The highest BCUT2D eigenvalue weighted by Crippen LogP contribution is 2.30. The summed E-state index contributed by atoms with van der Waals surface area (Å²) in [5.41, 5.74) is 0.730. The van der Waals surface area contributed by atoms with Crippen LogP contribution in [0.3, 0.4) is 0 Å². The summed E-state index contributed by atoms with van der Waals surface area (Å²) >= 11 is 0. The topological polar surface area (TPSA) is 67.9 Å². The van der Waals surface area contributed by atoms with Gasteiger partial charge in [0.1, 0.15) is 18.0 Å². The molecule has 0 bridgehead atoms. The quantitative estimate of drug-likeness (QED) is 0.737. The molecule has 7 heteroatoms. The maximum absolute atomic E-state index is 13.0. The normalized spacial score (nSPS) is 15.6. The Morgan fingerprint density at radius 1 is 1.04 bits per heavy atom. The first-order chi connectivity index (χ1) is 11.8. The number of rotatable bonds is 3. The molecule has 1 aliphatic heterocycles. The maximum atomic E-state index is 13.0. The van der Waals surface area contributed by atoms with Gasteiger partial charge in [-0.25, -0.2) is 14.4 Å². The summed E-state index contributed by atoms with van der Waals surface area (Å²) in [5.74, 6) is 1.99. The van der Waals surface area contributed by atoms with Crippen molar-refractivity contribution < 1.29 is 8.81 Å². The molecule has 24 heavy (non-hydrogen) atoms. The maximum Gasteiger partial charge on any atom is 0.247 e. The van der Waals surface area contributed by atoms with Gasteiger partial charge >= 0.3 is 0 Å². The van der Waals surface area contributed by atoms with Crippen LogP contribution in [-0.4, -0.2) is 33.3 Å². The number of anilines is 1. The van der Waals surface area contributed by atoms with Gasteiger partial charge in [0.05, 0.1) is 0 Å². The van der Waals surface area contributed by atoms with Gasteiger partial charge in [0.2, 0.25) is 11.8 Å². The summed E-state index contributed by atoms with van der Waals surface area (Å²) in [6.07, 6.45) is 5.17. The molecule has 1 fully saturated rings. The second-order valence-corrected chi connectivity index (χ2v) is 5.78. The van der Waals surface area contributed by atoms with Gasteiger partial charge in [0.25, 0.3) is 0 Å². The first kappa shape index (κ1) is 14.7. The lowest BCUT2D eigenvalue weighted by Crippen LogP contribution is -2.33. The van der Waals surface area contributed by atoms with Gasteiger partial charge in [-0.15, -0.1) is 10.2 Å². The minimum absolute atomic E-state index is 0.241. The second kappa shape index (κ2) is 6.35. The average molecular weight is 325 g/mol. The Kier molecular flexibility index (Phi) is 3.90. The van der Waals surface area contributed by atoms with Crippen molar-refractivity contribution in [2.45, 2.75) is 18.8 Å². The molecule has 4 rings (SSSR count). The van der Waals surface area contributed by atoms with Gasteiger partial charge < -0.3 is 9.32 Å². The first-order valence-corrected chi connectivity index (χ1v) is 7.90. The second-order valence-electron chi connectivity index (χ2n) is 5.78. The summed E-state index contributed by atoms with van der Waals surface area (Å²) in [6.45, 7) is 1.77. The molecule has 0 spiro atoms. The Labute approximate surface area is 138 Å². The molecule has 1 saturated heterocycles. The van der Waals surface area contributed by atoms with E-state index in [1.807, 2.05) is 6.07 Å². The van der Waals surface area contributed by atoms with Crippen molar-refractivity contribution in [2.75, 3.05) is 18.0 Å². The van der Waals surface area contributed by atoms with E-state index in [1.54, 1.807) is 24.7 Å². The van der Waals surface area contributed by atoms with Gasteiger partial charge in [-0.3, -0.25) is 0 Å². The fourth-order valence-corrected chi connectivity index (χ4v) is 2.93. The van der Waals surface area contributed by atoms with Gasteiger partial charge in [-0.05, 0) is 43.2 Å². The van der Waals surface area contributed by atoms with Crippen molar-refractivity contribution in [1.82, 2.24) is 20.2 Å². The van der Waals surface area contributed by atoms with E-state index in [-0.39, 0.29) is 11.7 Å². The molecule has 1 aromatic carbocycles. The third-order valence-corrected chi connectivity index (χ3v) is 4.27. The van der Waals surface area contributed by atoms with Crippen molar-refractivity contribution in [3.8, 4) is 11.5 Å². The summed E-state index contributed by atoms with van der Waals surface area (Å²) in [7, 11) is 0. The molecule has 0 amide bonds. The van der Waals surface area contributed by atoms with Crippen molar-refractivity contribution in [2.24, 2.45) is 0 Å². The lowest BCUT2D eigenvalue weighted by molar-refractivity contribution is 0.397. The lowest BCUT2D eigenvalue weighted by Gasteiger charge is -2.31. The van der Waals surface area contributed by atoms with E-state index < -0.39 is 0 Å². The number of nitrogens with zero attached hydrogens (tertiary/aromatic N) is 5. The van der Waals surface area contributed by atoms with E-state index in [2.05, 4.69) is 25.1 Å². The predicted molar refractivity (Wildman–Crippen MR) is 85.9 cm³/mol. The van der Waals surface area contributed by atoms with Crippen molar-refractivity contribution in [3.05, 3.63) is 54.6 Å². The molecular weight excluding hydrogens is 309 g/mol. The van der Waals surface area contributed by atoms with E-state index in [4.69, 9.17) is 4.42 Å². The van der Waals surface area contributed by atoms with Crippen LogP contribution in [0.1, 0.15) is 24.7 Å². The molecule has 122 valence electrons. The molecular formula is C17H16FN5O. The number of aromatic nitrogens is 4. The van der Waals surface area contributed by atoms with Crippen LogP contribution in [0.25, 0.3) is 11.5 Å². The molecule has 0 atom stereocenters. The Morgan fingerprint density at radius 2 is 1.83 bits per heavy atom. The van der Waals surface area contributed by atoms with E-state index in [0.29, 0.717) is 11.8 Å². The SMILES string of the molecule is Fc1ccc(-c2nnc(C3CCN(c4ccncn4)CC3)o2)cc1. The Hall–Kier alpha value is -2.83. The molecule has 3 aromatic rings. The Bertz CT molecular complexity index is 797. The van der Waals surface area contributed by atoms with Gasteiger partial charge in [0.15, 0.2) is 0 Å². The monoisotopic (exact) mass is 325 g/mol. The molecule has 3 heterocycles. The molecule has 0 N–H and O–H groups in total. The van der Waals surface area contributed by atoms with Crippen molar-refractivity contribution in [3.63, 3.8) is 0 Å². The van der Waals surface area contributed by atoms with Crippen LogP contribution in [0, 0.1) is 5.82 Å². The van der Waals surface area contributed by atoms with Gasteiger partial charge in [-0.1, -0.05) is 0 Å². The zero-order valence-corrected chi connectivity index (χ0v) is 13.0. The minimum Gasteiger partial charge on any atom is -0.420 e. The van der Waals surface area contributed by atoms with E-state index in [0.717, 1.165) is 37.3 Å². The summed E-state index contributed by atoms with van der Waals surface area (Å²) in [4.78, 5) is 10.5. The standard InChI is InChI=1S/C17H16FN5O/c18-14-3-1-12(2-4-14)16-21-22-17(24-16)13-6-9-23(10-7-13)15-5-8-19-11-20-15/h1-5,8,11,13H,6-7,9-10H2. The number of piperidine rings is 1. The number of hydrogen-bond acceptors (Lipinski definition) is 6. The third kappa shape index (κ3) is 2.97. The smallest absolute Gasteiger partial charge is 0.247 e. The van der Waals surface area contributed by atoms with Crippen LogP contribution >= 0.6 is 0 Å². The lowest BCUT2D eigenvalue weighted by atomic mass is 9.97.